The van der Waals surface area contributed by atoms with Gasteiger partial charge in [0, 0.05) is 0 Å². The highest BCUT2D eigenvalue weighted by Crippen LogP contribution is 2.54. The minimum atomic E-state index is -0.527. The van der Waals surface area contributed by atoms with Crippen LogP contribution in [0.15, 0.2) is 0 Å². The molecule has 3 aliphatic rings. The number of fused-ring (bicyclic) bond motifs is 1. The zero-order valence-electron chi connectivity index (χ0n) is 8.39. The molecule has 0 N–H and O–H groups in total. The predicted octanol–water partition coefficient (Wildman–Crippen LogP) is -0.120. The van der Waals surface area contributed by atoms with Gasteiger partial charge in [0.25, 0.3) is 0 Å². The van der Waals surface area contributed by atoms with Gasteiger partial charge in [0.1, 0.15) is 18.1 Å². The summed E-state index contributed by atoms with van der Waals surface area (Å²) in [5.74, 6) is -1.57. The Morgan fingerprint density at radius 1 is 1.60 bits per heavy atom. The summed E-state index contributed by atoms with van der Waals surface area (Å²) in [6.45, 7) is 0.292. The molecule has 1 spiro atoms. The molecule has 0 aromatic heterocycles. The number of ether oxygens (including phenoxy) is 3. The lowest BCUT2D eigenvalue weighted by Crippen LogP contribution is -2.41. The minimum absolute atomic E-state index is 0.157. The summed E-state index contributed by atoms with van der Waals surface area (Å²) < 4.78 is 15.5. The third-order valence-corrected chi connectivity index (χ3v) is 3.75. The lowest BCUT2D eigenvalue weighted by atomic mass is 9.73. The fraction of sp³-hybridized carbons (Fsp3) is 0.800. The maximum Gasteiger partial charge on any atom is 0.313 e. The van der Waals surface area contributed by atoms with Gasteiger partial charge in [-0.3, -0.25) is 9.59 Å². The average Bonchev–Trinajstić information content (AvgIpc) is 2.88. The Bertz CT molecular complexity index is 339. The highest BCUT2D eigenvalue weighted by molar-refractivity contribution is 5.86. The van der Waals surface area contributed by atoms with Crippen LogP contribution in [0.5, 0.6) is 0 Å². The van der Waals surface area contributed by atoms with Gasteiger partial charge in [-0.2, -0.15) is 0 Å². The summed E-state index contributed by atoms with van der Waals surface area (Å²) in [5, 5.41) is 0. The van der Waals surface area contributed by atoms with Gasteiger partial charge in [0.05, 0.1) is 19.1 Å². The number of carbonyl (C=O) groups excluding carboxylic acids is 2. The van der Waals surface area contributed by atoms with Crippen LogP contribution in [0.4, 0.5) is 0 Å². The van der Waals surface area contributed by atoms with Gasteiger partial charge in [-0.15, -0.1) is 0 Å². The molecule has 0 aromatic carbocycles. The van der Waals surface area contributed by atoms with E-state index in [2.05, 4.69) is 0 Å². The van der Waals surface area contributed by atoms with Crippen LogP contribution in [0.3, 0.4) is 0 Å². The normalized spacial score (nSPS) is 46.5. The first kappa shape index (κ1) is 9.15. The van der Waals surface area contributed by atoms with Gasteiger partial charge in [-0.1, -0.05) is 0 Å². The van der Waals surface area contributed by atoms with Crippen molar-refractivity contribution in [3.63, 3.8) is 0 Å². The van der Waals surface area contributed by atoms with Crippen LogP contribution in [0.1, 0.15) is 12.8 Å². The molecule has 15 heavy (non-hydrogen) atoms. The molecular formula is C10H12O5. The van der Waals surface area contributed by atoms with Crippen molar-refractivity contribution in [3.8, 4) is 0 Å². The average molecular weight is 212 g/mol. The van der Waals surface area contributed by atoms with Gasteiger partial charge in [0.2, 0.25) is 0 Å². The first-order chi connectivity index (χ1) is 7.18. The van der Waals surface area contributed by atoms with Crippen LogP contribution in [-0.2, 0) is 23.8 Å². The second kappa shape index (κ2) is 2.72. The molecule has 5 nitrogen and oxygen atoms in total. The van der Waals surface area contributed by atoms with Gasteiger partial charge in [0.15, 0.2) is 0 Å². The molecule has 82 valence electrons. The molecule has 3 aliphatic heterocycles. The van der Waals surface area contributed by atoms with Crippen molar-refractivity contribution in [2.24, 2.45) is 11.8 Å². The highest BCUT2D eigenvalue weighted by atomic mass is 16.6. The monoisotopic (exact) mass is 212 g/mol. The van der Waals surface area contributed by atoms with Crippen LogP contribution in [0.2, 0.25) is 0 Å². The Hall–Kier alpha value is -1.10. The van der Waals surface area contributed by atoms with Crippen LogP contribution in [0, 0.1) is 11.8 Å². The molecule has 5 heteroatoms. The fourth-order valence-corrected chi connectivity index (χ4v) is 3.09. The first-order valence-electron chi connectivity index (χ1n) is 5.10. The Labute approximate surface area is 86.7 Å². The number of hydrogen-bond acceptors (Lipinski definition) is 5. The van der Waals surface area contributed by atoms with E-state index in [0.717, 1.165) is 12.8 Å². The number of rotatable bonds is 1. The number of carbonyl (C=O) groups is 2. The van der Waals surface area contributed by atoms with Crippen LogP contribution >= 0.6 is 0 Å². The third-order valence-electron chi connectivity index (χ3n) is 3.75. The number of hydrogen-bond donors (Lipinski definition) is 0. The first-order valence-corrected chi connectivity index (χ1v) is 5.10. The molecule has 0 aliphatic carbocycles. The molecule has 4 atom stereocenters. The van der Waals surface area contributed by atoms with E-state index in [9.17, 15) is 9.59 Å². The number of methoxy groups -OCH3 is 1. The molecule has 3 saturated heterocycles. The second-order valence-corrected chi connectivity index (χ2v) is 4.39. The lowest BCUT2D eigenvalue weighted by molar-refractivity contribution is -0.155. The van der Waals surface area contributed by atoms with Gasteiger partial charge in [-0.25, -0.2) is 0 Å². The predicted molar refractivity (Wildman–Crippen MR) is 46.8 cm³/mol. The van der Waals surface area contributed by atoms with Crippen molar-refractivity contribution in [2.45, 2.75) is 24.5 Å². The molecule has 0 aromatic rings. The van der Waals surface area contributed by atoms with E-state index in [1.165, 1.54) is 7.11 Å². The van der Waals surface area contributed by atoms with E-state index < -0.39 is 17.4 Å². The standard InChI is InChI=1S/C10H12O5/c1-13-8(11)6-5-2-3-10(15-5)4-14-9(12)7(6)10/h5-7H,2-4H2,1H3/t5-,6-,7+,10-/m0/s1. The summed E-state index contributed by atoms with van der Waals surface area (Å²) in [5.41, 5.74) is -0.527. The van der Waals surface area contributed by atoms with E-state index in [0.29, 0.717) is 6.61 Å². The van der Waals surface area contributed by atoms with E-state index in [-0.39, 0.29) is 18.0 Å². The van der Waals surface area contributed by atoms with Crippen molar-refractivity contribution in [2.75, 3.05) is 13.7 Å². The number of cyclic esters (lactones) is 1. The summed E-state index contributed by atoms with van der Waals surface area (Å²) in [7, 11) is 1.33. The quantitative estimate of drug-likeness (QED) is 0.567. The molecule has 2 bridgehead atoms. The van der Waals surface area contributed by atoms with Gasteiger partial charge >= 0.3 is 11.9 Å². The largest absolute Gasteiger partial charge is 0.469 e. The zero-order chi connectivity index (χ0) is 10.6. The molecule has 0 saturated carbocycles. The molecular weight excluding hydrogens is 200 g/mol. The summed E-state index contributed by atoms with van der Waals surface area (Å²) in [6.07, 6.45) is 1.46. The molecule has 3 rings (SSSR count). The zero-order valence-corrected chi connectivity index (χ0v) is 8.39. The molecule has 0 amide bonds. The Morgan fingerprint density at radius 3 is 3.13 bits per heavy atom. The number of esters is 2. The van der Waals surface area contributed by atoms with Crippen molar-refractivity contribution in [1.82, 2.24) is 0 Å². The van der Waals surface area contributed by atoms with Gasteiger partial charge in [-0.05, 0) is 12.8 Å². The smallest absolute Gasteiger partial charge is 0.313 e. The third kappa shape index (κ3) is 0.963. The summed E-state index contributed by atoms with van der Waals surface area (Å²) in [4.78, 5) is 23.1. The second-order valence-electron chi connectivity index (χ2n) is 4.39. The van der Waals surface area contributed by atoms with Crippen LogP contribution in [0.25, 0.3) is 0 Å². The van der Waals surface area contributed by atoms with Crippen molar-refractivity contribution in [3.05, 3.63) is 0 Å². The fourth-order valence-electron chi connectivity index (χ4n) is 3.09. The van der Waals surface area contributed by atoms with Crippen molar-refractivity contribution in [1.29, 1.82) is 0 Å². The Balaban J connectivity index is 1.98. The summed E-state index contributed by atoms with van der Waals surface area (Å²) >= 11 is 0. The minimum Gasteiger partial charge on any atom is -0.469 e. The van der Waals surface area contributed by atoms with E-state index >= 15 is 0 Å². The lowest BCUT2D eigenvalue weighted by Gasteiger charge is -2.24. The van der Waals surface area contributed by atoms with Crippen molar-refractivity contribution >= 4 is 11.9 Å². The topological polar surface area (TPSA) is 61.8 Å². The van der Waals surface area contributed by atoms with Gasteiger partial charge < -0.3 is 14.2 Å². The summed E-state index contributed by atoms with van der Waals surface area (Å²) in [6, 6.07) is 0. The molecule has 3 heterocycles. The van der Waals surface area contributed by atoms with Crippen molar-refractivity contribution < 1.29 is 23.8 Å². The van der Waals surface area contributed by atoms with Crippen LogP contribution in [-0.4, -0.2) is 37.4 Å². The molecule has 3 fully saturated rings. The highest BCUT2D eigenvalue weighted by Gasteiger charge is 2.68. The molecule has 0 radical (unpaired) electrons. The SMILES string of the molecule is COC(=O)[C@H]1[C@@H]2CC[C@@]3(COC(=O)[C@@H]13)O2. The maximum absolute atomic E-state index is 11.6. The van der Waals surface area contributed by atoms with E-state index in [1.807, 2.05) is 0 Å². The Kier molecular flexibility index (Phi) is 1.66. The Morgan fingerprint density at radius 2 is 2.40 bits per heavy atom. The maximum atomic E-state index is 11.6. The van der Waals surface area contributed by atoms with Crippen LogP contribution < -0.4 is 0 Å². The molecule has 0 unspecified atom stereocenters. The van der Waals surface area contributed by atoms with E-state index in [1.54, 1.807) is 0 Å². The van der Waals surface area contributed by atoms with E-state index in [4.69, 9.17) is 14.2 Å².